The number of nitrogens with one attached hydrogen (secondary N) is 1. The number of thioether (sulfide) groups is 1. The molecule has 4 rings (SSSR count). The summed E-state index contributed by atoms with van der Waals surface area (Å²) in [5.41, 5.74) is 1.78. The summed E-state index contributed by atoms with van der Waals surface area (Å²) in [6, 6.07) is 16.2. The molecule has 8 heteroatoms. The van der Waals surface area contributed by atoms with Crippen molar-refractivity contribution in [2.24, 2.45) is 4.99 Å². The molecule has 166 valence electrons. The maximum absolute atomic E-state index is 12.8. The minimum absolute atomic E-state index is 0.0480. The molecule has 0 unspecified atom stereocenters. The zero-order chi connectivity index (χ0) is 22.5. The summed E-state index contributed by atoms with van der Waals surface area (Å²) in [4.78, 5) is 45.6. The van der Waals surface area contributed by atoms with Crippen LogP contribution >= 0.6 is 11.8 Å². The van der Waals surface area contributed by atoms with E-state index in [0.29, 0.717) is 11.3 Å². The van der Waals surface area contributed by atoms with Gasteiger partial charge in [0.2, 0.25) is 5.91 Å². The third kappa shape index (κ3) is 5.19. The van der Waals surface area contributed by atoms with Crippen LogP contribution in [0.3, 0.4) is 0 Å². The van der Waals surface area contributed by atoms with Crippen LogP contribution in [0.2, 0.25) is 0 Å². The quantitative estimate of drug-likeness (QED) is 0.750. The van der Waals surface area contributed by atoms with Gasteiger partial charge < -0.3 is 15.1 Å². The molecule has 2 aromatic carbocycles. The van der Waals surface area contributed by atoms with E-state index in [0.717, 1.165) is 36.8 Å². The molecule has 2 aliphatic rings. The number of carbonyl (C=O) groups is 3. The topological polar surface area (TPSA) is 82.1 Å². The molecule has 1 fully saturated rings. The number of aliphatic imine (C=N–C) groups is 1. The predicted octanol–water partition coefficient (Wildman–Crippen LogP) is 3.78. The molecular formula is C24H26N4O3S. The summed E-state index contributed by atoms with van der Waals surface area (Å²) in [6.07, 6.45) is 3.46. The third-order valence-corrected chi connectivity index (χ3v) is 6.78. The number of piperidine rings is 1. The zero-order valence-electron chi connectivity index (χ0n) is 18.0. The summed E-state index contributed by atoms with van der Waals surface area (Å²) < 4.78 is 0. The molecule has 1 N–H and O–H groups in total. The average molecular weight is 451 g/mol. The second-order valence-corrected chi connectivity index (χ2v) is 9.09. The fourth-order valence-corrected chi connectivity index (χ4v) is 4.92. The molecule has 1 atom stereocenters. The highest BCUT2D eigenvalue weighted by atomic mass is 32.2. The van der Waals surface area contributed by atoms with Gasteiger partial charge in [-0.1, -0.05) is 36.0 Å². The van der Waals surface area contributed by atoms with Crippen LogP contribution in [0.5, 0.6) is 0 Å². The number of rotatable bonds is 5. The van der Waals surface area contributed by atoms with Crippen molar-refractivity contribution >= 4 is 46.0 Å². The summed E-state index contributed by atoms with van der Waals surface area (Å²) in [5, 5.41) is 3.06. The van der Waals surface area contributed by atoms with Gasteiger partial charge in [-0.15, -0.1) is 0 Å². The van der Waals surface area contributed by atoms with E-state index in [2.05, 4.69) is 15.2 Å². The van der Waals surface area contributed by atoms with Gasteiger partial charge in [-0.3, -0.25) is 14.4 Å². The first-order chi connectivity index (χ1) is 15.5. The Balaban J connectivity index is 1.35. The Morgan fingerprint density at radius 1 is 1.09 bits per heavy atom. The Kier molecular flexibility index (Phi) is 6.90. The minimum Gasteiger partial charge on any atom is -0.351 e. The van der Waals surface area contributed by atoms with Gasteiger partial charge in [0, 0.05) is 43.5 Å². The molecule has 0 aromatic heterocycles. The largest absolute Gasteiger partial charge is 0.351 e. The summed E-state index contributed by atoms with van der Waals surface area (Å²) in [6.45, 7) is 1.83. The van der Waals surface area contributed by atoms with Crippen LogP contribution in [0.25, 0.3) is 0 Å². The van der Waals surface area contributed by atoms with Gasteiger partial charge in [0.25, 0.3) is 11.8 Å². The molecule has 0 saturated carbocycles. The maximum atomic E-state index is 12.8. The number of hydrogen-bond acceptors (Lipinski definition) is 5. The van der Waals surface area contributed by atoms with E-state index in [1.807, 2.05) is 30.3 Å². The summed E-state index contributed by atoms with van der Waals surface area (Å²) >= 11 is 1.38. The third-order valence-electron chi connectivity index (χ3n) is 5.57. The van der Waals surface area contributed by atoms with Crippen molar-refractivity contribution < 1.29 is 14.4 Å². The number of amidine groups is 1. The van der Waals surface area contributed by atoms with E-state index in [9.17, 15) is 14.4 Å². The van der Waals surface area contributed by atoms with Crippen molar-refractivity contribution in [2.45, 2.75) is 30.9 Å². The number of nitrogens with zero attached hydrogens (tertiary/aromatic N) is 3. The van der Waals surface area contributed by atoms with Gasteiger partial charge in [0.15, 0.2) is 5.17 Å². The van der Waals surface area contributed by atoms with Crippen molar-refractivity contribution in [1.29, 1.82) is 0 Å². The molecule has 7 nitrogen and oxygen atoms in total. The highest BCUT2D eigenvalue weighted by Crippen LogP contribution is 2.29. The molecule has 1 saturated heterocycles. The van der Waals surface area contributed by atoms with E-state index in [-0.39, 0.29) is 24.1 Å². The Morgan fingerprint density at radius 2 is 1.84 bits per heavy atom. The molecule has 0 radical (unpaired) electrons. The van der Waals surface area contributed by atoms with Gasteiger partial charge in [-0.25, -0.2) is 0 Å². The van der Waals surface area contributed by atoms with Crippen molar-refractivity contribution in [3.63, 3.8) is 0 Å². The van der Waals surface area contributed by atoms with Crippen molar-refractivity contribution in [1.82, 2.24) is 4.90 Å². The van der Waals surface area contributed by atoms with E-state index >= 15 is 0 Å². The normalized spacial score (nSPS) is 18.3. The monoisotopic (exact) mass is 450 g/mol. The number of likely N-dealkylation sites (tertiary alicyclic amines) is 1. The highest BCUT2D eigenvalue weighted by Gasteiger charge is 2.33. The van der Waals surface area contributed by atoms with E-state index in [1.54, 1.807) is 36.2 Å². The van der Waals surface area contributed by atoms with Gasteiger partial charge in [0.1, 0.15) is 5.25 Å². The second kappa shape index (κ2) is 9.99. The molecule has 0 bridgehead atoms. The minimum atomic E-state index is -0.499. The van der Waals surface area contributed by atoms with Gasteiger partial charge in [-0.05, 0) is 49.6 Å². The molecule has 2 aliphatic heterocycles. The van der Waals surface area contributed by atoms with Crippen LogP contribution < -0.4 is 10.2 Å². The number of para-hydroxylation sites is 1. The van der Waals surface area contributed by atoms with Gasteiger partial charge >= 0.3 is 0 Å². The SMILES string of the molecule is CN(C(=O)c1cccc(NC(=O)C[C@@H]2SC(N3CCCCC3)=NC2=O)c1)c1ccccc1. The zero-order valence-corrected chi connectivity index (χ0v) is 18.8. The Bertz CT molecular complexity index is 1030. The highest BCUT2D eigenvalue weighted by molar-refractivity contribution is 8.15. The lowest BCUT2D eigenvalue weighted by atomic mass is 10.1. The molecule has 0 aliphatic carbocycles. The molecular weight excluding hydrogens is 424 g/mol. The lowest BCUT2D eigenvalue weighted by Gasteiger charge is -2.27. The maximum Gasteiger partial charge on any atom is 0.262 e. The van der Waals surface area contributed by atoms with Crippen molar-refractivity contribution in [3.8, 4) is 0 Å². The van der Waals surface area contributed by atoms with Gasteiger partial charge in [0.05, 0.1) is 0 Å². The molecule has 32 heavy (non-hydrogen) atoms. The first-order valence-corrected chi connectivity index (χ1v) is 11.7. The van der Waals surface area contributed by atoms with E-state index in [4.69, 9.17) is 0 Å². The molecule has 2 aromatic rings. The fourth-order valence-electron chi connectivity index (χ4n) is 3.80. The Morgan fingerprint density at radius 3 is 2.59 bits per heavy atom. The Hall–Kier alpha value is -3.13. The number of carbonyl (C=O) groups excluding carboxylic acids is 3. The molecule has 0 spiro atoms. The van der Waals surface area contributed by atoms with Crippen LogP contribution in [-0.2, 0) is 9.59 Å². The molecule has 2 heterocycles. The first-order valence-electron chi connectivity index (χ1n) is 10.8. The van der Waals surface area contributed by atoms with Gasteiger partial charge in [-0.2, -0.15) is 4.99 Å². The fraction of sp³-hybridized carbons (Fsp3) is 0.333. The smallest absolute Gasteiger partial charge is 0.262 e. The van der Waals surface area contributed by atoms with Crippen molar-refractivity contribution in [3.05, 3.63) is 60.2 Å². The number of amides is 3. The number of hydrogen-bond donors (Lipinski definition) is 1. The average Bonchev–Trinajstić information content (AvgIpc) is 3.19. The van der Waals surface area contributed by atoms with Crippen LogP contribution in [-0.4, -0.2) is 53.2 Å². The summed E-state index contributed by atoms with van der Waals surface area (Å²) in [5.74, 6) is -0.695. The van der Waals surface area contributed by atoms with Crippen LogP contribution in [0, 0.1) is 0 Å². The van der Waals surface area contributed by atoms with Crippen LogP contribution in [0.1, 0.15) is 36.0 Å². The van der Waals surface area contributed by atoms with E-state index in [1.165, 1.54) is 18.2 Å². The second-order valence-electron chi connectivity index (χ2n) is 7.92. The summed E-state index contributed by atoms with van der Waals surface area (Å²) in [7, 11) is 1.71. The standard InChI is InChI=1S/C24H26N4O3S/c1-27(19-11-4-2-5-12-19)23(31)17-9-8-10-18(15-17)25-21(29)16-20-22(30)26-24(32-20)28-13-6-3-7-14-28/h2,4-5,8-12,15,20H,3,6-7,13-14,16H2,1H3,(H,25,29)/t20-/m0/s1. The number of benzene rings is 2. The first kappa shape index (κ1) is 22.1. The van der Waals surface area contributed by atoms with E-state index < -0.39 is 5.25 Å². The lowest BCUT2D eigenvalue weighted by Crippen LogP contribution is -2.33. The molecule has 3 amide bonds. The number of anilines is 2. The van der Waals surface area contributed by atoms with Crippen molar-refractivity contribution in [2.75, 3.05) is 30.4 Å². The predicted molar refractivity (Wildman–Crippen MR) is 128 cm³/mol. The van der Waals surface area contributed by atoms with Crippen LogP contribution in [0.4, 0.5) is 11.4 Å². The van der Waals surface area contributed by atoms with Crippen LogP contribution in [0.15, 0.2) is 59.6 Å². The lowest BCUT2D eigenvalue weighted by molar-refractivity contribution is -0.121. The Labute approximate surface area is 191 Å².